The number of hydrogen-bond acceptors (Lipinski definition) is 5. The van der Waals surface area contributed by atoms with E-state index < -0.39 is 0 Å². The van der Waals surface area contributed by atoms with Crippen molar-refractivity contribution in [1.29, 1.82) is 0 Å². The van der Waals surface area contributed by atoms with Crippen molar-refractivity contribution in [3.05, 3.63) is 10.8 Å². The number of fused-ring (bicyclic) bond motifs is 1. The van der Waals surface area contributed by atoms with Gasteiger partial charge in [-0.25, -0.2) is 0 Å². The molecular formula is C8H11ClN4OS. The van der Waals surface area contributed by atoms with E-state index in [2.05, 4.69) is 15.3 Å². The van der Waals surface area contributed by atoms with E-state index in [1.165, 1.54) is 0 Å². The molecule has 0 aliphatic heterocycles. The Kier molecular flexibility index (Phi) is 3.50. The third-order valence-corrected chi connectivity index (χ3v) is 3.12. The molecule has 0 aliphatic carbocycles. The molecular weight excluding hydrogens is 236 g/mol. The van der Waals surface area contributed by atoms with Crippen molar-refractivity contribution in [2.24, 2.45) is 0 Å². The molecule has 0 fully saturated rings. The van der Waals surface area contributed by atoms with Crippen LogP contribution < -0.4 is 0 Å². The predicted molar refractivity (Wildman–Crippen MR) is 58.4 cm³/mol. The molecule has 15 heavy (non-hydrogen) atoms. The van der Waals surface area contributed by atoms with Gasteiger partial charge in [-0.2, -0.15) is 9.61 Å². The lowest BCUT2D eigenvalue weighted by molar-refractivity contribution is 0.176. The summed E-state index contributed by atoms with van der Waals surface area (Å²) in [5, 5.41) is 13.4. The third kappa shape index (κ3) is 2.27. The van der Waals surface area contributed by atoms with Crippen molar-refractivity contribution in [3.63, 3.8) is 0 Å². The van der Waals surface area contributed by atoms with Gasteiger partial charge < -0.3 is 4.74 Å². The van der Waals surface area contributed by atoms with E-state index in [4.69, 9.17) is 16.3 Å². The molecule has 0 amide bonds. The van der Waals surface area contributed by atoms with Crippen molar-refractivity contribution >= 4 is 27.9 Å². The number of aryl methyl sites for hydroxylation is 1. The van der Waals surface area contributed by atoms with Gasteiger partial charge in [0.1, 0.15) is 11.6 Å². The summed E-state index contributed by atoms with van der Waals surface area (Å²) >= 11 is 7.18. The van der Waals surface area contributed by atoms with E-state index in [-0.39, 0.29) is 0 Å². The van der Waals surface area contributed by atoms with E-state index in [9.17, 15) is 0 Å². The van der Waals surface area contributed by atoms with E-state index in [1.54, 1.807) is 23.0 Å². The van der Waals surface area contributed by atoms with Gasteiger partial charge >= 0.3 is 0 Å². The molecule has 2 aromatic rings. The van der Waals surface area contributed by atoms with Crippen LogP contribution in [0.1, 0.15) is 17.3 Å². The van der Waals surface area contributed by atoms with Gasteiger partial charge in [-0.3, -0.25) is 0 Å². The monoisotopic (exact) mass is 246 g/mol. The minimum Gasteiger partial charge on any atom is -0.377 e. The molecule has 0 aromatic carbocycles. The van der Waals surface area contributed by atoms with Gasteiger partial charge in [0.2, 0.25) is 4.96 Å². The second-order valence-corrected chi connectivity index (χ2v) is 4.45. The molecule has 2 heterocycles. The van der Waals surface area contributed by atoms with E-state index in [0.29, 0.717) is 12.5 Å². The van der Waals surface area contributed by atoms with Crippen molar-refractivity contribution < 1.29 is 4.74 Å². The van der Waals surface area contributed by atoms with Crippen molar-refractivity contribution in [3.8, 4) is 0 Å². The van der Waals surface area contributed by atoms with Gasteiger partial charge in [0.05, 0.1) is 0 Å². The van der Waals surface area contributed by atoms with Crippen LogP contribution in [0.15, 0.2) is 0 Å². The standard InChI is InChI=1S/C8H11ClN4OS/c1-14-5-6-10-11-8-13(6)12-7(15-8)3-2-4-9/h2-5H2,1H3. The fraction of sp³-hybridized carbons (Fsp3) is 0.625. The fourth-order valence-electron chi connectivity index (χ4n) is 1.24. The highest BCUT2D eigenvalue weighted by molar-refractivity contribution is 7.16. The molecule has 2 rings (SSSR count). The smallest absolute Gasteiger partial charge is 0.234 e. The highest BCUT2D eigenvalue weighted by atomic mass is 35.5. The molecule has 82 valence electrons. The average Bonchev–Trinajstić information content (AvgIpc) is 2.77. The highest BCUT2D eigenvalue weighted by Gasteiger charge is 2.10. The predicted octanol–water partition coefficient (Wildman–Crippen LogP) is 1.50. The minimum absolute atomic E-state index is 0.430. The van der Waals surface area contributed by atoms with Crippen LogP contribution in [0.25, 0.3) is 4.96 Å². The Labute approximate surface area is 96.0 Å². The van der Waals surface area contributed by atoms with Crippen LogP contribution in [-0.4, -0.2) is 32.8 Å². The molecule has 0 N–H and O–H groups in total. The summed E-state index contributed by atoms with van der Waals surface area (Å²) in [5.74, 6) is 1.39. The number of ether oxygens (including phenoxy) is 1. The second kappa shape index (κ2) is 4.87. The summed E-state index contributed by atoms with van der Waals surface area (Å²) in [6, 6.07) is 0. The summed E-state index contributed by atoms with van der Waals surface area (Å²) in [5.41, 5.74) is 0. The van der Waals surface area contributed by atoms with Crippen molar-refractivity contribution in [2.75, 3.05) is 13.0 Å². The number of nitrogens with zero attached hydrogens (tertiary/aromatic N) is 4. The van der Waals surface area contributed by atoms with Crippen LogP contribution in [0.4, 0.5) is 0 Å². The summed E-state index contributed by atoms with van der Waals surface area (Å²) in [4.78, 5) is 0.812. The van der Waals surface area contributed by atoms with Gasteiger partial charge in [-0.1, -0.05) is 11.3 Å². The Bertz CT molecular complexity index is 441. The van der Waals surface area contributed by atoms with Gasteiger partial charge in [0.15, 0.2) is 5.82 Å². The number of aromatic nitrogens is 4. The van der Waals surface area contributed by atoms with Crippen LogP contribution in [0.3, 0.4) is 0 Å². The summed E-state index contributed by atoms with van der Waals surface area (Å²) in [6.45, 7) is 0.430. The molecule has 0 unspecified atom stereocenters. The van der Waals surface area contributed by atoms with Crippen LogP contribution in [0, 0.1) is 0 Å². The quantitative estimate of drug-likeness (QED) is 0.751. The zero-order valence-corrected chi connectivity index (χ0v) is 9.88. The van der Waals surface area contributed by atoms with E-state index >= 15 is 0 Å². The first-order valence-electron chi connectivity index (χ1n) is 4.60. The number of rotatable bonds is 5. The lowest BCUT2D eigenvalue weighted by Crippen LogP contribution is -1.98. The van der Waals surface area contributed by atoms with Gasteiger partial charge in [-0.15, -0.1) is 21.8 Å². The molecule has 0 spiro atoms. The summed E-state index contributed by atoms with van der Waals surface area (Å²) < 4.78 is 6.74. The molecule has 0 aliphatic rings. The van der Waals surface area contributed by atoms with Crippen LogP contribution in [-0.2, 0) is 17.8 Å². The number of hydrogen-bond donors (Lipinski definition) is 0. The first-order valence-corrected chi connectivity index (χ1v) is 5.95. The Balaban J connectivity index is 2.22. The molecule has 0 saturated heterocycles. The van der Waals surface area contributed by atoms with Crippen LogP contribution in [0.5, 0.6) is 0 Å². The van der Waals surface area contributed by atoms with Crippen molar-refractivity contribution in [1.82, 2.24) is 19.8 Å². The maximum Gasteiger partial charge on any atom is 0.234 e. The Morgan fingerprint density at radius 3 is 3.07 bits per heavy atom. The lowest BCUT2D eigenvalue weighted by atomic mass is 10.4. The average molecular weight is 247 g/mol. The zero-order chi connectivity index (χ0) is 10.7. The van der Waals surface area contributed by atoms with Gasteiger partial charge in [0.25, 0.3) is 0 Å². The van der Waals surface area contributed by atoms with E-state index in [1.807, 2.05) is 0 Å². The highest BCUT2D eigenvalue weighted by Crippen LogP contribution is 2.15. The zero-order valence-electron chi connectivity index (χ0n) is 8.31. The molecule has 5 nitrogen and oxygen atoms in total. The SMILES string of the molecule is COCc1nnc2sc(CCCCl)nn12. The minimum atomic E-state index is 0.430. The maximum atomic E-state index is 5.63. The first-order chi connectivity index (χ1) is 7.35. The largest absolute Gasteiger partial charge is 0.377 e. The Morgan fingerprint density at radius 2 is 2.33 bits per heavy atom. The first kappa shape index (κ1) is 10.8. The summed E-state index contributed by atoms with van der Waals surface area (Å²) in [6.07, 6.45) is 1.83. The maximum absolute atomic E-state index is 5.63. The molecule has 0 radical (unpaired) electrons. The third-order valence-electron chi connectivity index (χ3n) is 1.90. The van der Waals surface area contributed by atoms with Gasteiger partial charge in [0, 0.05) is 19.4 Å². The van der Waals surface area contributed by atoms with Crippen LogP contribution in [0.2, 0.25) is 0 Å². The molecule has 0 saturated carbocycles. The topological polar surface area (TPSA) is 52.3 Å². The molecule has 7 heteroatoms. The molecule has 0 atom stereocenters. The molecule has 0 bridgehead atoms. The normalized spacial score (nSPS) is 11.3. The van der Waals surface area contributed by atoms with Crippen LogP contribution >= 0.6 is 22.9 Å². The molecule has 2 aromatic heterocycles. The Hall–Kier alpha value is -0.720. The van der Waals surface area contributed by atoms with Gasteiger partial charge in [-0.05, 0) is 6.42 Å². The number of alkyl halides is 1. The lowest BCUT2D eigenvalue weighted by Gasteiger charge is -1.93. The summed E-state index contributed by atoms with van der Waals surface area (Å²) in [7, 11) is 1.63. The van der Waals surface area contributed by atoms with E-state index in [0.717, 1.165) is 28.6 Å². The Morgan fingerprint density at radius 1 is 1.47 bits per heavy atom. The van der Waals surface area contributed by atoms with Crippen molar-refractivity contribution in [2.45, 2.75) is 19.4 Å². The number of halogens is 1. The number of methoxy groups -OCH3 is 1. The fourth-order valence-corrected chi connectivity index (χ4v) is 2.26. The second-order valence-electron chi connectivity index (χ2n) is 3.03.